The van der Waals surface area contributed by atoms with Crippen LogP contribution >= 0.6 is 0 Å². The first-order valence-electron chi connectivity index (χ1n) is 13.3. The van der Waals surface area contributed by atoms with Crippen LogP contribution in [0.25, 0.3) is 11.0 Å². The summed E-state index contributed by atoms with van der Waals surface area (Å²) in [4.78, 5) is 21.3. The fourth-order valence-corrected chi connectivity index (χ4v) is 5.31. The average Bonchev–Trinajstić information content (AvgIpc) is 3.09. The summed E-state index contributed by atoms with van der Waals surface area (Å²) in [6, 6.07) is 8.09. The lowest BCUT2D eigenvalue weighted by Gasteiger charge is -2.32. The second-order valence-corrected chi connectivity index (χ2v) is 13.0. The van der Waals surface area contributed by atoms with Crippen molar-refractivity contribution >= 4 is 22.8 Å². The molecule has 5 nitrogen and oxygen atoms in total. The van der Waals surface area contributed by atoms with E-state index in [-0.39, 0.29) is 23.2 Å². The standard InChI is InChI=1S/C31H43N3O2/c1-19-11-10-12-33(17-19)29-32-25-13-20(2)21(3)14-26(25)34(29)18-27(35)22-15-23(30(4,5)6)28(36)24(16-22)31(7,8)9/h13-16,19,36H,10-12,17-18H2,1-9H3. The minimum absolute atomic E-state index is 0.0369. The molecule has 3 aromatic rings. The van der Waals surface area contributed by atoms with E-state index in [1.165, 1.54) is 17.5 Å². The lowest BCUT2D eigenvalue weighted by molar-refractivity contribution is 0.0973. The smallest absolute Gasteiger partial charge is 0.206 e. The molecule has 2 aromatic carbocycles. The Morgan fingerprint density at radius 1 is 1.00 bits per heavy atom. The van der Waals surface area contributed by atoms with E-state index in [9.17, 15) is 9.90 Å². The van der Waals surface area contributed by atoms with Gasteiger partial charge in [-0.3, -0.25) is 4.79 Å². The molecule has 4 rings (SSSR count). The van der Waals surface area contributed by atoms with Crippen LogP contribution in [0.1, 0.15) is 93.9 Å². The molecule has 5 heteroatoms. The number of rotatable bonds is 4. The molecule has 1 fully saturated rings. The van der Waals surface area contributed by atoms with Gasteiger partial charge in [0.2, 0.25) is 5.95 Å². The van der Waals surface area contributed by atoms with Crippen LogP contribution in [0.2, 0.25) is 0 Å². The summed E-state index contributed by atoms with van der Waals surface area (Å²) < 4.78 is 2.11. The number of anilines is 1. The van der Waals surface area contributed by atoms with Crippen LogP contribution in [0.15, 0.2) is 24.3 Å². The highest BCUT2D eigenvalue weighted by Crippen LogP contribution is 2.40. The van der Waals surface area contributed by atoms with Gasteiger partial charge in [0.05, 0.1) is 17.6 Å². The quantitative estimate of drug-likeness (QED) is 0.398. The molecule has 0 amide bonds. The van der Waals surface area contributed by atoms with Crippen LogP contribution in [0.4, 0.5) is 5.95 Å². The second-order valence-electron chi connectivity index (χ2n) is 13.0. The number of aryl methyl sites for hydroxylation is 2. The number of hydrogen-bond donors (Lipinski definition) is 1. The molecular formula is C31H43N3O2. The van der Waals surface area contributed by atoms with Gasteiger partial charge in [-0.05, 0) is 78.8 Å². The zero-order valence-corrected chi connectivity index (χ0v) is 23.6. The molecule has 1 atom stereocenters. The molecular weight excluding hydrogens is 446 g/mol. The summed E-state index contributed by atoms with van der Waals surface area (Å²) >= 11 is 0. The third-order valence-electron chi connectivity index (χ3n) is 7.63. The summed E-state index contributed by atoms with van der Waals surface area (Å²) in [5, 5.41) is 11.1. The predicted molar refractivity (Wildman–Crippen MR) is 150 cm³/mol. The lowest BCUT2D eigenvalue weighted by Crippen LogP contribution is -2.36. The van der Waals surface area contributed by atoms with Crippen LogP contribution in [0.3, 0.4) is 0 Å². The fraction of sp³-hybridized carbons (Fsp3) is 0.548. The monoisotopic (exact) mass is 489 g/mol. The molecule has 1 aliphatic heterocycles. The van der Waals surface area contributed by atoms with Gasteiger partial charge in [0, 0.05) is 29.8 Å². The number of Topliss-reactive ketones (excluding diaryl/α,β-unsaturated/α-hetero) is 1. The normalized spacial score (nSPS) is 17.1. The molecule has 0 saturated carbocycles. The van der Waals surface area contributed by atoms with Crippen molar-refractivity contribution in [3.8, 4) is 5.75 Å². The minimum atomic E-state index is -0.286. The van der Waals surface area contributed by atoms with Crippen molar-refractivity contribution in [1.82, 2.24) is 9.55 Å². The van der Waals surface area contributed by atoms with E-state index >= 15 is 0 Å². The van der Waals surface area contributed by atoms with Gasteiger partial charge in [-0.2, -0.15) is 0 Å². The van der Waals surface area contributed by atoms with Gasteiger partial charge in [0.15, 0.2) is 5.78 Å². The molecule has 36 heavy (non-hydrogen) atoms. The summed E-state index contributed by atoms with van der Waals surface area (Å²) in [5.74, 6) is 1.83. The zero-order valence-electron chi connectivity index (χ0n) is 23.6. The van der Waals surface area contributed by atoms with E-state index in [0.717, 1.165) is 47.6 Å². The summed E-state index contributed by atoms with van der Waals surface area (Å²) in [6.07, 6.45) is 2.37. The Kier molecular flexibility index (Phi) is 6.74. The number of nitrogens with zero attached hydrogens (tertiary/aromatic N) is 3. The molecule has 1 aliphatic rings. The van der Waals surface area contributed by atoms with Crippen LogP contribution < -0.4 is 4.90 Å². The van der Waals surface area contributed by atoms with Crippen LogP contribution in [0, 0.1) is 19.8 Å². The molecule has 2 heterocycles. The van der Waals surface area contributed by atoms with Gasteiger partial charge in [-0.25, -0.2) is 4.98 Å². The maximum Gasteiger partial charge on any atom is 0.206 e. The number of piperidine rings is 1. The first kappa shape index (κ1) is 26.2. The number of benzene rings is 2. The van der Waals surface area contributed by atoms with Crippen LogP contribution in [0.5, 0.6) is 5.75 Å². The fourth-order valence-electron chi connectivity index (χ4n) is 5.31. The first-order chi connectivity index (χ1) is 16.7. The number of ketones is 1. The Hall–Kier alpha value is -2.82. The van der Waals surface area contributed by atoms with Crippen molar-refractivity contribution < 1.29 is 9.90 Å². The second kappa shape index (κ2) is 9.24. The van der Waals surface area contributed by atoms with E-state index in [0.29, 0.717) is 17.2 Å². The molecule has 1 unspecified atom stereocenters. The Morgan fingerprint density at radius 3 is 2.14 bits per heavy atom. The molecule has 1 N–H and O–H groups in total. The Labute approximate surface area is 216 Å². The number of hydrogen-bond acceptors (Lipinski definition) is 4. The lowest BCUT2D eigenvalue weighted by atomic mass is 9.78. The number of carbonyl (C=O) groups is 1. The molecule has 0 radical (unpaired) electrons. The van der Waals surface area contributed by atoms with Gasteiger partial charge < -0.3 is 14.6 Å². The van der Waals surface area contributed by atoms with Crippen molar-refractivity contribution in [2.24, 2.45) is 5.92 Å². The van der Waals surface area contributed by atoms with Gasteiger partial charge in [0.25, 0.3) is 0 Å². The molecule has 1 aromatic heterocycles. The number of fused-ring (bicyclic) bond motifs is 1. The SMILES string of the molecule is Cc1cc2nc(N3CCCC(C)C3)n(CC(=O)c3cc(C(C)(C)C)c(O)c(C(C)(C)C)c3)c2cc1C. The number of aromatic hydroxyl groups is 1. The molecule has 0 bridgehead atoms. The Balaban J connectivity index is 1.84. The van der Waals surface area contributed by atoms with Crippen molar-refractivity contribution in [2.45, 2.75) is 92.5 Å². The van der Waals surface area contributed by atoms with Crippen molar-refractivity contribution in [3.05, 3.63) is 52.1 Å². The largest absolute Gasteiger partial charge is 0.507 e. The molecule has 1 saturated heterocycles. The first-order valence-corrected chi connectivity index (χ1v) is 13.3. The highest BCUT2D eigenvalue weighted by Gasteiger charge is 2.29. The minimum Gasteiger partial charge on any atom is -0.507 e. The van der Waals surface area contributed by atoms with E-state index < -0.39 is 0 Å². The van der Waals surface area contributed by atoms with E-state index in [1.54, 1.807) is 0 Å². The Bertz CT molecular complexity index is 1270. The predicted octanol–water partition coefficient (Wildman–Crippen LogP) is 7.07. The third kappa shape index (κ3) is 5.02. The van der Waals surface area contributed by atoms with Crippen molar-refractivity contribution in [1.29, 1.82) is 0 Å². The van der Waals surface area contributed by atoms with E-state index in [2.05, 4.69) is 83.9 Å². The van der Waals surface area contributed by atoms with Crippen molar-refractivity contribution in [3.63, 3.8) is 0 Å². The number of carbonyl (C=O) groups excluding carboxylic acids is 1. The third-order valence-corrected chi connectivity index (χ3v) is 7.63. The summed E-state index contributed by atoms with van der Waals surface area (Å²) in [7, 11) is 0. The summed E-state index contributed by atoms with van der Waals surface area (Å²) in [6.45, 7) is 21.1. The number of imidazole rings is 1. The topological polar surface area (TPSA) is 58.4 Å². The Morgan fingerprint density at radius 2 is 1.58 bits per heavy atom. The maximum atomic E-state index is 13.9. The van der Waals surface area contributed by atoms with Crippen LogP contribution in [-0.4, -0.2) is 33.5 Å². The highest BCUT2D eigenvalue weighted by atomic mass is 16.3. The molecule has 0 aliphatic carbocycles. The average molecular weight is 490 g/mol. The van der Waals surface area contributed by atoms with E-state index in [1.807, 2.05) is 12.1 Å². The zero-order chi connectivity index (χ0) is 26.6. The van der Waals surface area contributed by atoms with Crippen molar-refractivity contribution in [2.75, 3.05) is 18.0 Å². The molecule has 194 valence electrons. The van der Waals surface area contributed by atoms with Gasteiger partial charge in [0.1, 0.15) is 5.75 Å². The van der Waals surface area contributed by atoms with E-state index in [4.69, 9.17) is 4.98 Å². The van der Waals surface area contributed by atoms with Gasteiger partial charge >= 0.3 is 0 Å². The van der Waals surface area contributed by atoms with Gasteiger partial charge in [-0.15, -0.1) is 0 Å². The molecule has 0 spiro atoms. The maximum absolute atomic E-state index is 13.9. The highest BCUT2D eigenvalue weighted by molar-refractivity contribution is 5.98. The van der Waals surface area contributed by atoms with Gasteiger partial charge in [-0.1, -0.05) is 48.5 Å². The number of phenolic OH excluding ortho intramolecular Hbond substituents is 1. The number of aromatic nitrogens is 2. The number of phenols is 1. The summed E-state index contributed by atoms with van der Waals surface area (Å²) in [5.41, 5.74) is 6.05. The van der Waals surface area contributed by atoms with Crippen LogP contribution in [-0.2, 0) is 17.4 Å².